The minimum absolute atomic E-state index is 0.190. The van der Waals surface area contributed by atoms with E-state index in [-0.39, 0.29) is 5.91 Å². The molecule has 0 spiro atoms. The van der Waals surface area contributed by atoms with Gasteiger partial charge in [0.2, 0.25) is 0 Å². The van der Waals surface area contributed by atoms with Crippen molar-refractivity contribution in [2.24, 2.45) is 5.10 Å². The highest BCUT2D eigenvalue weighted by Crippen LogP contribution is 2.31. The van der Waals surface area contributed by atoms with Crippen LogP contribution in [-0.4, -0.2) is 36.4 Å². The van der Waals surface area contributed by atoms with Gasteiger partial charge in [-0.05, 0) is 42.3 Å². The average Bonchev–Trinajstić information content (AvgIpc) is 3.03. The molecule has 2 aromatic rings. The zero-order valence-corrected chi connectivity index (χ0v) is 16.3. The summed E-state index contributed by atoms with van der Waals surface area (Å²) < 4.78 is 10.5. The highest BCUT2D eigenvalue weighted by Gasteiger charge is 2.30. The Morgan fingerprint density at radius 3 is 2.59 bits per heavy atom. The first kappa shape index (κ1) is 20.1. The molecule has 0 atom stereocenters. The summed E-state index contributed by atoms with van der Waals surface area (Å²) in [4.78, 5) is 23.7. The topological polar surface area (TPSA) is 88.4 Å². The van der Waals surface area contributed by atoms with E-state index in [1.54, 1.807) is 24.3 Å². The number of rotatable bonds is 8. The number of aliphatic carboxylic acids is 1. The van der Waals surface area contributed by atoms with Crippen LogP contribution >= 0.6 is 0 Å². The number of anilines is 1. The maximum Gasteiger partial charge on any atom is 0.341 e. The lowest BCUT2D eigenvalue weighted by Gasteiger charge is -2.11. The molecule has 1 N–H and O–H groups in total. The molecule has 0 fully saturated rings. The van der Waals surface area contributed by atoms with Gasteiger partial charge in [-0.1, -0.05) is 37.6 Å². The Bertz CT molecular complexity index is 966. The lowest BCUT2D eigenvalue weighted by atomic mass is 10.0. The number of hydrogen-bond acceptors (Lipinski definition) is 5. The highest BCUT2D eigenvalue weighted by molar-refractivity contribution is 6.32. The summed E-state index contributed by atoms with van der Waals surface area (Å²) in [5.41, 5.74) is 2.69. The van der Waals surface area contributed by atoms with Crippen molar-refractivity contribution in [3.8, 4) is 11.5 Å². The second-order valence-corrected chi connectivity index (χ2v) is 6.40. The van der Waals surface area contributed by atoms with Crippen LogP contribution in [0.3, 0.4) is 0 Å². The van der Waals surface area contributed by atoms with Crippen molar-refractivity contribution in [1.82, 2.24) is 0 Å². The number of methoxy groups -OCH3 is 1. The summed E-state index contributed by atoms with van der Waals surface area (Å²) in [7, 11) is 1.47. The summed E-state index contributed by atoms with van der Waals surface area (Å²) in [6.45, 7) is 1.57. The average molecular weight is 394 g/mol. The van der Waals surface area contributed by atoms with Crippen molar-refractivity contribution < 1.29 is 24.2 Å². The minimum atomic E-state index is -1.07. The molecule has 0 aromatic heterocycles. The first-order chi connectivity index (χ1) is 14.0. The van der Waals surface area contributed by atoms with E-state index in [0.717, 1.165) is 17.7 Å². The van der Waals surface area contributed by atoms with Crippen molar-refractivity contribution in [1.29, 1.82) is 0 Å². The van der Waals surface area contributed by atoms with E-state index < -0.39 is 12.6 Å². The van der Waals surface area contributed by atoms with E-state index in [1.807, 2.05) is 37.3 Å². The molecule has 0 saturated heterocycles. The second kappa shape index (κ2) is 9.05. The maximum atomic E-state index is 13.0. The summed E-state index contributed by atoms with van der Waals surface area (Å²) in [6, 6.07) is 14.4. The normalized spacial score (nSPS) is 14.8. The van der Waals surface area contributed by atoms with E-state index in [1.165, 1.54) is 12.1 Å². The summed E-state index contributed by atoms with van der Waals surface area (Å²) in [5.74, 6) is -0.552. The molecule has 1 heterocycles. The van der Waals surface area contributed by atoms with Gasteiger partial charge < -0.3 is 14.6 Å². The van der Waals surface area contributed by atoms with Gasteiger partial charge in [0.1, 0.15) is 0 Å². The number of hydrogen-bond donors (Lipinski definition) is 1. The molecule has 0 aliphatic carbocycles. The monoisotopic (exact) mass is 394 g/mol. The third-order valence-corrected chi connectivity index (χ3v) is 4.29. The number of ether oxygens (including phenoxy) is 2. The quantitative estimate of drug-likeness (QED) is 0.689. The Morgan fingerprint density at radius 1 is 1.17 bits per heavy atom. The van der Waals surface area contributed by atoms with Crippen molar-refractivity contribution in [3.05, 3.63) is 59.7 Å². The van der Waals surface area contributed by atoms with Crippen LogP contribution in [0, 0.1) is 0 Å². The van der Waals surface area contributed by atoms with Crippen molar-refractivity contribution >= 4 is 29.4 Å². The van der Waals surface area contributed by atoms with Crippen LogP contribution in [0.5, 0.6) is 11.5 Å². The fraction of sp³-hybridized carbons (Fsp3) is 0.227. The molecule has 0 bridgehead atoms. The number of carbonyl (C=O) groups excluding carboxylic acids is 1. The van der Waals surface area contributed by atoms with Crippen molar-refractivity contribution in [2.75, 3.05) is 18.7 Å². The second-order valence-electron chi connectivity index (χ2n) is 6.40. The molecule has 0 saturated carbocycles. The number of hydrazone groups is 1. The number of carboxylic acids is 1. The van der Waals surface area contributed by atoms with Crippen LogP contribution in [0.2, 0.25) is 0 Å². The molecule has 2 aromatic carbocycles. The number of amides is 1. The Hall–Kier alpha value is -3.61. The standard InChI is InChI=1S/C22H22N2O5/c1-3-7-18-17(22(27)24(23-18)16-8-5-4-6-9-16)12-15-10-11-19(20(13-15)28-2)29-14-21(25)26/h4-6,8-13H,3,7,14H2,1-2H3,(H,25,26)/b17-12-. The van der Waals surface area contributed by atoms with E-state index in [4.69, 9.17) is 14.6 Å². The zero-order chi connectivity index (χ0) is 20.8. The first-order valence-electron chi connectivity index (χ1n) is 9.25. The van der Waals surface area contributed by atoms with Gasteiger partial charge in [0.05, 0.1) is 24.1 Å². The molecule has 1 aliphatic rings. The molecule has 7 heteroatoms. The highest BCUT2D eigenvalue weighted by atomic mass is 16.5. The lowest BCUT2D eigenvalue weighted by Crippen LogP contribution is -2.21. The van der Waals surface area contributed by atoms with Gasteiger partial charge in [0.25, 0.3) is 5.91 Å². The summed E-state index contributed by atoms with van der Waals surface area (Å²) in [5, 5.41) is 14.7. The number of para-hydroxylation sites is 1. The fourth-order valence-corrected chi connectivity index (χ4v) is 2.97. The molecule has 29 heavy (non-hydrogen) atoms. The Balaban J connectivity index is 1.92. The van der Waals surface area contributed by atoms with E-state index in [0.29, 0.717) is 29.2 Å². The number of carbonyl (C=O) groups is 2. The molecule has 7 nitrogen and oxygen atoms in total. The smallest absolute Gasteiger partial charge is 0.341 e. The molecule has 1 aliphatic heterocycles. The lowest BCUT2D eigenvalue weighted by molar-refractivity contribution is -0.139. The van der Waals surface area contributed by atoms with Crippen LogP contribution in [0.4, 0.5) is 5.69 Å². The molecular weight excluding hydrogens is 372 g/mol. The van der Waals surface area contributed by atoms with Crippen LogP contribution < -0.4 is 14.5 Å². The van der Waals surface area contributed by atoms with E-state index in [9.17, 15) is 9.59 Å². The molecule has 0 radical (unpaired) electrons. The Kier molecular flexibility index (Phi) is 6.29. The third-order valence-electron chi connectivity index (χ3n) is 4.29. The van der Waals surface area contributed by atoms with Gasteiger partial charge >= 0.3 is 5.97 Å². The van der Waals surface area contributed by atoms with Gasteiger partial charge in [0, 0.05) is 0 Å². The molecule has 3 rings (SSSR count). The van der Waals surface area contributed by atoms with Gasteiger partial charge in [-0.15, -0.1) is 0 Å². The Labute approximate surface area is 168 Å². The number of benzene rings is 2. The largest absolute Gasteiger partial charge is 0.493 e. The van der Waals surface area contributed by atoms with Crippen LogP contribution in [0.15, 0.2) is 59.2 Å². The van der Waals surface area contributed by atoms with Gasteiger partial charge in [-0.25, -0.2) is 4.79 Å². The summed E-state index contributed by atoms with van der Waals surface area (Å²) in [6.07, 6.45) is 3.30. The molecular formula is C22H22N2O5. The fourth-order valence-electron chi connectivity index (χ4n) is 2.97. The molecule has 0 unspecified atom stereocenters. The summed E-state index contributed by atoms with van der Waals surface area (Å²) >= 11 is 0. The van der Waals surface area contributed by atoms with Crippen molar-refractivity contribution in [3.63, 3.8) is 0 Å². The van der Waals surface area contributed by atoms with Gasteiger partial charge in [-0.2, -0.15) is 10.1 Å². The van der Waals surface area contributed by atoms with Crippen LogP contribution in [0.1, 0.15) is 25.3 Å². The SMILES string of the molecule is CCCC1=NN(c2ccccc2)C(=O)/C1=C\c1ccc(OCC(=O)O)c(OC)c1. The van der Waals surface area contributed by atoms with E-state index in [2.05, 4.69) is 5.10 Å². The third kappa shape index (κ3) is 4.63. The van der Waals surface area contributed by atoms with Crippen molar-refractivity contribution in [2.45, 2.75) is 19.8 Å². The number of carboxylic acid groups (broad SMARTS) is 1. The molecule has 1 amide bonds. The van der Waals surface area contributed by atoms with E-state index >= 15 is 0 Å². The van der Waals surface area contributed by atoms with Gasteiger partial charge in [-0.3, -0.25) is 4.79 Å². The number of nitrogens with zero attached hydrogens (tertiary/aromatic N) is 2. The zero-order valence-electron chi connectivity index (χ0n) is 16.3. The van der Waals surface area contributed by atoms with Crippen LogP contribution in [-0.2, 0) is 9.59 Å². The molecule has 150 valence electrons. The van der Waals surface area contributed by atoms with Crippen LogP contribution in [0.25, 0.3) is 6.08 Å². The Morgan fingerprint density at radius 2 is 1.93 bits per heavy atom. The predicted octanol–water partition coefficient (Wildman–Crippen LogP) is 3.74. The van der Waals surface area contributed by atoms with Gasteiger partial charge in [0.15, 0.2) is 18.1 Å². The maximum absolute atomic E-state index is 13.0. The predicted molar refractivity (Wildman–Crippen MR) is 110 cm³/mol. The first-order valence-corrected chi connectivity index (χ1v) is 9.25. The minimum Gasteiger partial charge on any atom is -0.493 e.